The van der Waals surface area contributed by atoms with Gasteiger partial charge in [-0.2, -0.15) is 0 Å². The molecule has 2 unspecified atom stereocenters. The van der Waals surface area contributed by atoms with Crippen LogP contribution in [0.5, 0.6) is 0 Å². The number of aryl methyl sites for hydroxylation is 2. The second-order valence-electron chi connectivity index (χ2n) is 13.1. The van der Waals surface area contributed by atoms with Crippen LogP contribution in [0.15, 0.2) is 73.8 Å². The van der Waals surface area contributed by atoms with E-state index < -0.39 is 35.1 Å². The lowest BCUT2D eigenvalue weighted by atomic mass is 9.66. The average Bonchev–Trinajstić information content (AvgIpc) is 3.57. The Bertz CT molecular complexity index is 1460. The van der Waals surface area contributed by atoms with Crippen molar-refractivity contribution in [3.8, 4) is 0 Å². The number of ether oxygens (including phenoxy) is 1. The van der Waals surface area contributed by atoms with E-state index in [0.29, 0.717) is 18.5 Å². The van der Waals surface area contributed by atoms with Gasteiger partial charge in [0.25, 0.3) is 5.91 Å². The molecule has 1 spiro atoms. The zero-order valence-corrected chi connectivity index (χ0v) is 26.5. The van der Waals surface area contributed by atoms with Crippen molar-refractivity contribution in [2.75, 3.05) is 29.5 Å². The monoisotopic (exact) mass is 599 g/mol. The van der Waals surface area contributed by atoms with Crippen molar-refractivity contribution in [3.63, 3.8) is 0 Å². The van der Waals surface area contributed by atoms with E-state index >= 15 is 0 Å². The summed E-state index contributed by atoms with van der Waals surface area (Å²) in [5.74, 6) is -2.68. The summed E-state index contributed by atoms with van der Waals surface area (Å²) in [6.07, 6.45) is 4.33. The van der Waals surface area contributed by atoms with Gasteiger partial charge in [0.05, 0.1) is 30.1 Å². The van der Waals surface area contributed by atoms with Crippen molar-refractivity contribution in [2.24, 2.45) is 17.8 Å². The number of aliphatic hydroxyl groups excluding tert-OH is 1. The highest BCUT2D eigenvalue weighted by Gasteiger charge is 2.79. The molecule has 234 valence electrons. The van der Waals surface area contributed by atoms with E-state index in [4.69, 9.17) is 4.74 Å². The lowest BCUT2D eigenvalue weighted by Gasteiger charge is -2.41. The largest absolute Gasteiger partial charge is 0.394 e. The summed E-state index contributed by atoms with van der Waals surface area (Å²) in [7, 11) is 0. The maximum atomic E-state index is 15.0. The number of fused-ring (bicyclic) bond motifs is 1. The number of benzene rings is 2. The Morgan fingerprint density at radius 2 is 1.70 bits per heavy atom. The van der Waals surface area contributed by atoms with Gasteiger partial charge in [-0.05, 0) is 68.9 Å². The highest BCUT2D eigenvalue weighted by Crippen LogP contribution is 2.64. The van der Waals surface area contributed by atoms with E-state index in [1.54, 1.807) is 26.9 Å². The van der Waals surface area contributed by atoms with Crippen molar-refractivity contribution >= 4 is 29.1 Å². The van der Waals surface area contributed by atoms with E-state index in [1.165, 1.54) is 0 Å². The van der Waals surface area contributed by atoms with Gasteiger partial charge >= 0.3 is 0 Å². The lowest BCUT2D eigenvalue weighted by Crippen LogP contribution is -2.60. The molecule has 3 heterocycles. The number of anilines is 2. The molecule has 44 heavy (non-hydrogen) atoms. The Labute approximate surface area is 261 Å². The van der Waals surface area contributed by atoms with Crippen LogP contribution in [0.1, 0.15) is 44.7 Å². The fourth-order valence-corrected chi connectivity index (χ4v) is 7.82. The Balaban J connectivity index is 1.66. The molecule has 0 radical (unpaired) electrons. The Kier molecular flexibility index (Phi) is 8.62. The summed E-state index contributed by atoms with van der Waals surface area (Å²) < 4.78 is 6.91. The Morgan fingerprint density at radius 3 is 2.32 bits per heavy atom. The first kappa shape index (κ1) is 31.7. The lowest BCUT2D eigenvalue weighted by molar-refractivity contribution is -0.149. The Morgan fingerprint density at radius 1 is 1.05 bits per heavy atom. The number of aliphatic hydroxyl groups is 1. The van der Waals surface area contributed by atoms with Crippen molar-refractivity contribution in [1.82, 2.24) is 4.90 Å². The molecule has 6 atom stereocenters. The third kappa shape index (κ3) is 4.88. The van der Waals surface area contributed by atoms with Crippen LogP contribution in [0.4, 0.5) is 11.4 Å². The predicted octanol–water partition coefficient (Wildman–Crippen LogP) is 4.82. The van der Waals surface area contributed by atoms with Crippen LogP contribution in [0, 0.1) is 31.6 Å². The topological polar surface area (TPSA) is 90.4 Å². The van der Waals surface area contributed by atoms with Crippen LogP contribution in [0.25, 0.3) is 0 Å². The molecule has 8 heteroatoms. The van der Waals surface area contributed by atoms with Gasteiger partial charge in [0.2, 0.25) is 11.8 Å². The van der Waals surface area contributed by atoms with E-state index in [-0.39, 0.29) is 43.3 Å². The van der Waals surface area contributed by atoms with Gasteiger partial charge in [0.15, 0.2) is 0 Å². The average molecular weight is 600 g/mol. The standard InChI is InChI=1S/C36H45N3O5/c1-8-19-37(26-13-11-10-12-14-26)32(41)29-30-33(42)39(28(22-40)23(3)4)31(36(30)18-17-35(29,7)44-36)34(43)38(20-9-2)27-21-24(5)15-16-25(27)6/h8-16,21,23,28-31,40H,1-2,17-20,22H2,3-7H3/t28-,29-,30-,31?,35+,36?/m0/s1. The maximum absolute atomic E-state index is 15.0. The molecule has 5 rings (SSSR count). The van der Waals surface area contributed by atoms with Crippen molar-refractivity contribution < 1.29 is 24.2 Å². The zero-order chi connectivity index (χ0) is 32.0. The highest BCUT2D eigenvalue weighted by atomic mass is 16.5. The summed E-state index contributed by atoms with van der Waals surface area (Å²) in [4.78, 5) is 49.2. The number of nitrogens with zero attached hydrogens (tertiary/aromatic N) is 3. The fraction of sp³-hybridized carbons (Fsp3) is 0.472. The first-order valence-corrected chi connectivity index (χ1v) is 15.6. The summed E-state index contributed by atoms with van der Waals surface area (Å²) in [5, 5.41) is 10.6. The van der Waals surface area contributed by atoms with Gasteiger partial charge < -0.3 is 24.5 Å². The minimum atomic E-state index is -1.22. The molecule has 3 saturated heterocycles. The second-order valence-corrected chi connectivity index (χ2v) is 13.1. The summed E-state index contributed by atoms with van der Waals surface area (Å²) >= 11 is 0. The van der Waals surface area contributed by atoms with Crippen LogP contribution >= 0.6 is 0 Å². The van der Waals surface area contributed by atoms with Crippen molar-refractivity contribution in [3.05, 3.63) is 85.0 Å². The van der Waals surface area contributed by atoms with Gasteiger partial charge in [-0.3, -0.25) is 14.4 Å². The first-order chi connectivity index (χ1) is 21.0. The fourth-order valence-electron chi connectivity index (χ4n) is 7.82. The third-order valence-electron chi connectivity index (χ3n) is 9.91. The van der Waals surface area contributed by atoms with Crippen LogP contribution in [-0.4, -0.2) is 70.7 Å². The number of rotatable bonds is 11. The van der Waals surface area contributed by atoms with Crippen molar-refractivity contribution in [2.45, 2.75) is 70.7 Å². The third-order valence-corrected chi connectivity index (χ3v) is 9.91. The van der Waals surface area contributed by atoms with Gasteiger partial charge in [-0.25, -0.2) is 0 Å². The number of para-hydroxylation sites is 1. The van der Waals surface area contributed by atoms with E-state index in [9.17, 15) is 19.5 Å². The molecular weight excluding hydrogens is 554 g/mol. The number of amides is 3. The number of hydrogen-bond donors (Lipinski definition) is 1. The van der Waals surface area contributed by atoms with Crippen LogP contribution in [0.2, 0.25) is 0 Å². The molecule has 2 bridgehead atoms. The van der Waals surface area contributed by atoms with E-state index in [1.807, 2.05) is 83.1 Å². The van der Waals surface area contributed by atoms with Crippen LogP contribution < -0.4 is 9.80 Å². The maximum Gasteiger partial charge on any atom is 0.253 e. The predicted molar refractivity (Wildman–Crippen MR) is 172 cm³/mol. The van der Waals surface area contributed by atoms with Gasteiger partial charge in [-0.15, -0.1) is 13.2 Å². The molecule has 0 saturated carbocycles. The molecule has 3 aliphatic rings. The molecule has 8 nitrogen and oxygen atoms in total. The number of carbonyl (C=O) groups excluding carboxylic acids is 3. The second kappa shape index (κ2) is 12.0. The molecular formula is C36H45N3O5. The zero-order valence-electron chi connectivity index (χ0n) is 26.5. The summed E-state index contributed by atoms with van der Waals surface area (Å²) in [6.45, 7) is 17.7. The Hall–Kier alpha value is -3.75. The van der Waals surface area contributed by atoms with Gasteiger partial charge in [0.1, 0.15) is 11.6 Å². The SMILES string of the molecule is C=CCN(C(=O)[C@@H]1[C@H]2C(=O)N([C@@H](CO)C(C)C)C(C(=O)N(CC=C)c3cc(C)ccc3C)C23CC[C@@]1(C)O3)c1ccccc1. The summed E-state index contributed by atoms with van der Waals surface area (Å²) in [5.41, 5.74) is 1.19. The molecule has 1 N–H and O–H groups in total. The van der Waals surface area contributed by atoms with E-state index in [2.05, 4.69) is 13.2 Å². The smallest absolute Gasteiger partial charge is 0.253 e. The van der Waals surface area contributed by atoms with Crippen LogP contribution in [0.3, 0.4) is 0 Å². The molecule has 3 amide bonds. The number of likely N-dealkylation sites (tertiary alicyclic amines) is 1. The van der Waals surface area contributed by atoms with Crippen LogP contribution in [-0.2, 0) is 19.1 Å². The first-order valence-electron chi connectivity index (χ1n) is 15.6. The molecule has 2 aromatic rings. The molecule has 0 aromatic heterocycles. The van der Waals surface area contributed by atoms with Crippen molar-refractivity contribution in [1.29, 1.82) is 0 Å². The van der Waals surface area contributed by atoms with E-state index in [0.717, 1.165) is 16.8 Å². The van der Waals surface area contributed by atoms with Gasteiger partial charge in [0, 0.05) is 24.5 Å². The quantitative estimate of drug-likeness (QED) is 0.374. The number of hydrogen-bond acceptors (Lipinski definition) is 5. The number of carbonyl (C=O) groups is 3. The molecule has 0 aliphatic carbocycles. The summed E-state index contributed by atoms with van der Waals surface area (Å²) in [6, 6.07) is 13.6. The normalized spacial score (nSPS) is 27.8. The molecule has 3 aliphatic heterocycles. The minimum absolute atomic E-state index is 0.147. The highest BCUT2D eigenvalue weighted by molar-refractivity contribution is 6.07. The van der Waals surface area contributed by atoms with Gasteiger partial charge in [-0.1, -0.05) is 56.3 Å². The molecule has 3 fully saturated rings. The molecule has 2 aromatic carbocycles. The minimum Gasteiger partial charge on any atom is -0.394 e.